The van der Waals surface area contributed by atoms with Gasteiger partial charge >= 0.3 is 6.09 Å². The minimum atomic E-state index is -0.697. The first kappa shape index (κ1) is 25.5. The monoisotopic (exact) mass is 524 g/mol. The Hall–Kier alpha value is -3.13. The molecule has 3 heterocycles. The number of nitrogens with zero attached hydrogens (tertiary/aromatic N) is 3. The fraction of sp³-hybridized carbons (Fsp3) is 0.500. The number of fused-ring (bicyclic) bond motifs is 2. The Morgan fingerprint density at radius 2 is 1.97 bits per heavy atom. The number of para-hydroxylation sites is 1. The van der Waals surface area contributed by atoms with Gasteiger partial charge in [-0.25, -0.2) is 4.79 Å². The molecule has 1 atom stereocenters. The summed E-state index contributed by atoms with van der Waals surface area (Å²) in [7, 11) is 0. The van der Waals surface area contributed by atoms with Gasteiger partial charge in [-0.05, 0) is 69.6 Å². The van der Waals surface area contributed by atoms with Crippen molar-refractivity contribution in [1.29, 1.82) is 0 Å². The average molecular weight is 525 g/mol. The maximum absolute atomic E-state index is 13.9. The van der Waals surface area contributed by atoms with E-state index in [0.29, 0.717) is 54.9 Å². The van der Waals surface area contributed by atoms with Gasteiger partial charge in [-0.15, -0.1) is 0 Å². The molecule has 2 aliphatic heterocycles. The number of rotatable bonds is 5. The summed E-state index contributed by atoms with van der Waals surface area (Å²) in [6, 6.07) is 9.72. The highest BCUT2D eigenvalue weighted by molar-refractivity contribution is 6.30. The number of halogens is 1. The lowest BCUT2D eigenvalue weighted by atomic mass is 9.81. The predicted molar refractivity (Wildman–Crippen MR) is 141 cm³/mol. The molecule has 9 heteroatoms. The SMILES string of the molecule is CCOC(=O)N1CCC2(C1)C(=O)N(CC1CCC(NC(=O)c3cc(Cl)cnc3C)CC1)c1ccccc12. The van der Waals surface area contributed by atoms with E-state index in [-0.39, 0.29) is 23.9 Å². The van der Waals surface area contributed by atoms with Crippen molar-refractivity contribution in [2.75, 3.05) is 31.1 Å². The summed E-state index contributed by atoms with van der Waals surface area (Å²) in [5.74, 6) is 0.284. The molecule has 0 radical (unpaired) electrons. The number of pyridine rings is 1. The van der Waals surface area contributed by atoms with Crippen LogP contribution in [-0.2, 0) is 14.9 Å². The first-order valence-corrected chi connectivity index (χ1v) is 13.5. The summed E-state index contributed by atoms with van der Waals surface area (Å²) in [5.41, 5.74) is 2.43. The van der Waals surface area contributed by atoms with Crippen LogP contribution < -0.4 is 10.2 Å². The third-order valence-corrected chi connectivity index (χ3v) is 8.29. The Bertz CT molecular complexity index is 1210. The highest BCUT2D eigenvalue weighted by Crippen LogP contribution is 2.48. The number of likely N-dealkylation sites (tertiary alicyclic amines) is 1. The van der Waals surface area contributed by atoms with Crippen molar-refractivity contribution >= 4 is 35.2 Å². The number of hydrogen-bond donors (Lipinski definition) is 1. The maximum Gasteiger partial charge on any atom is 0.409 e. The lowest BCUT2D eigenvalue weighted by Gasteiger charge is -2.32. The quantitative estimate of drug-likeness (QED) is 0.622. The number of carbonyl (C=O) groups is 3. The van der Waals surface area contributed by atoms with Crippen LogP contribution in [0.5, 0.6) is 0 Å². The third-order valence-electron chi connectivity index (χ3n) is 8.08. The van der Waals surface area contributed by atoms with Crippen molar-refractivity contribution in [3.63, 3.8) is 0 Å². The number of aryl methyl sites for hydroxylation is 1. The molecule has 1 saturated carbocycles. The van der Waals surface area contributed by atoms with E-state index in [1.165, 1.54) is 0 Å². The topological polar surface area (TPSA) is 91.8 Å². The van der Waals surface area contributed by atoms with Crippen molar-refractivity contribution < 1.29 is 19.1 Å². The molecular weight excluding hydrogens is 492 g/mol. The summed E-state index contributed by atoms with van der Waals surface area (Å²) in [4.78, 5) is 46.8. The Morgan fingerprint density at radius 3 is 2.73 bits per heavy atom. The molecule has 0 bridgehead atoms. The molecule has 8 nitrogen and oxygen atoms in total. The van der Waals surface area contributed by atoms with E-state index in [4.69, 9.17) is 16.3 Å². The van der Waals surface area contributed by atoms with Gasteiger partial charge < -0.3 is 19.9 Å². The van der Waals surface area contributed by atoms with Crippen molar-refractivity contribution in [2.24, 2.45) is 5.92 Å². The summed E-state index contributed by atoms with van der Waals surface area (Å²) in [6.45, 7) is 5.42. The lowest BCUT2D eigenvalue weighted by Crippen LogP contribution is -2.45. The van der Waals surface area contributed by atoms with Gasteiger partial charge in [0.2, 0.25) is 5.91 Å². The van der Waals surface area contributed by atoms with Crippen LogP contribution in [0.1, 0.15) is 60.6 Å². The number of aromatic nitrogens is 1. The fourth-order valence-corrected chi connectivity index (χ4v) is 6.26. The van der Waals surface area contributed by atoms with E-state index in [2.05, 4.69) is 10.3 Å². The smallest absolute Gasteiger partial charge is 0.409 e. The fourth-order valence-electron chi connectivity index (χ4n) is 6.10. The van der Waals surface area contributed by atoms with Crippen LogP contribution in [0.4, 0.5) is 10.5 Å². The van der Waals surface area contributed by atoms with E-state index in [1.807, 2.05) is 29.2 Å². The van der Waals surface area contributed by atoms with Crippen LogP contribution in [0.2, 0.25) is 5.02 Å². The first-order chi connectivity index (χ1) is 17.8. The molecule has 3 aliphatic rings. The molecule has 1 spiro atoms. The van der Waals surface area contributed by atoms with Crippen molar-refractivity contribution in [1.82, 2.24) is 15.2 Å². The van der Waals surface area contributed by atoms with Crippen LogP contribution in [0.3, 0.4) is 0 Å². The number of nitrogens with one attached hydrogen (secondary N) is 1. The van der Waals surface area contributed by atoms with E-state index in [9.17, 15) is 14.4 Å². The molecule has 5 rings (SSSR count). The molecule has 1 aromatic carbocycles. The minimum absolute atomic E-state index is 0.0832. The second kappa shape index (κ2) is 10.3. The molecule has 1 unspecified atom stereocenters. The van der Waals surface area contributed by atoms with Crippen LogP contribution in [0.15, 0.2) is 36.5 Å². The molecule has 2 fully saturated rings. The van der Waals surface area contributed by atoms with Gasteiger partial charge in [-0.1, -0.05) is 29.8 Å². The number of amides is 3. The zero-order chi connectivity index (χ0) is 26.2. The number of anilines is 1. The Morgan fingerprint density at radius 1 is 1.22 bits per heavy atom. The number of benzene rings is 1. The second-order valence-corrected chi connectivity index (χ2v) is 10.8. The molecule has 196 valence electrons. The van der Waals surface area contributed by atoms with Crippen LogP contribution >= 0.6 is 11.6 Å². The summed E-state index contributed by atoms with van der Waals surface area (Å²) >= 11 is 6.03. The molecule has 2 aromatic rings. The molecule has 3 amide bonds. The highest BCUT2D eigenvalue weighted by Gasteiger charge is 2.55. The average Bonchev–Trinajstić information content (AvgIpc) is 3.44. The van der Waals surface area contributed by atoms with Gasteiger partial charge in [-0.2, -0.15) is 0 Å². The van der Waals surface area contributed by atoms with Gasteiger partial charge in [0.15, 0.2) is 0 Å². The molecular formula is C28H33ClN4O4. The number of carbonyl (C=O) groups excluding carboxylic acids is 3. The largest absolute Gasteiger partial charge is 0.450 e. The number of hydrogen-bond acceptors (Lipinski definition) is 5. The van der Waals surface area contributed by atoms with E-state index >= 15 is 0 Å². The maximum atomic E-state index is 13.9. The van der Waals surface area contributed by atoms with Crippen LogP contribution in [-0.4, -0.2) is 60.1 Å². The molecule has 1 aliphatic carbocycles. The zero-order valence-corrected chi connectivity index (χ0v) is 22.1. The van der Waals surface area contributed by atoms with Gasteiger partial charge in [0, 0.05) is 37.6 Å². The van der Waals surface area contributed by atoms with E-state index in [1.54, 1.807) is 31.0 Å². The summed E-state index contributed by atoms with van der Waals surface area (Å²) < 4.78 is 5.20. The van der Waals surface area contributed by atoms with Crippen LogP contribution in [0, 0.1) is 12.8 Å². The number of ether oxygens (including phenoxy) is 1. The van der Waals surface area contributed by atoms with Gasteiger partial charge in [-0.3, -0.25) is 14.6 Å². The lowest BCUT2D eigenvalue weighted by molar-refractivity contribution is -0.122. The van der Waals surface area contributed by atoms with E-state index < -0.39 is 5.41 Å². The molecule has 1 aromatic heterocycles. The summed E-state index contributed by atoms with van der Waals surface area (Å²) in [5, 5.41) is 3.58. The van der Waals surface area contributed by atoms with Gasteiger partial charge in [0.25, 0.3) is 5.91 Å². The van der Waals surface area contributed by atoms with Crippen molar-refractivity contribution in [2.45, 2.75) is 57.4 Å². The molecule has 1 saturated heterocycles. The van der Waals surface area contributed by atoms with Crippen molar-refractivity contribution in [3.05, 3.63) is 58.4 Å². The van der Waals surface area contributed by atoms with Gasteiger partial charge in [0.1, 0.15) is 0 Å². The minimum Gasteiger partial charge on any atom is -0.450 e. The first-order valence-electron chi connectivity index (χ1n) is 13.1. The Labute approximate surface area is 222 Å². The normalized spacial score (nSPS) is 24.9. The van der Waals surface area contributed by atoms with E-state index in [0.717, 1.165) is 36.9 Å². The van der Waals surface area contributed by atoms with Crippen molar-refractivity contribution in [3.8, 4) is 0 Å². The zero-order valence-electron chi connectivity index (χ0n) is 21.3. The highest BCUT2D eigenvalue weighted by atomic mass is 35.5. The third kappa shape index (κ3) is 4.79. The Balaban J connectivity index is 1.23. The molecule has 1 N–H and O–H groups in total. The van der Waals surface area contributed by atoms with Gasteiger partial charge in [0.05, 0.1) is 28.3 Å². The molecule has 37 heavy (non-hydrogen) atoms. The predicted octanol–water partition coefficient (Wildman–Crippen LogP) is 4.48. The van der Waals surface area contributed by atoms with Crippen LogP contribution in [0.25, 0.3) is 0 Å². The summed E-state index contributed by atoms with van der Waals surface area (Å²) in [6.07, 6.45) is 5.35. The standard InChI is InChI=1S/C28H33ClN4O4/c1-3-37-27(36)32-13-12-28(17-32)23-6-4-5-7-24(23)33(26(28)35)16-19-8-10-21(11-9-19)31-25(34)22-14-20(29)15-30-18(22)2/h4-7,14-15,19,21H,3,8-13,16-17H2,1-2H3,(H,31,34). The Kier molecular flexibility index (Phi) is 7.12. The second-order valence-electron chi connectivity index (χ2n) is 10.4.